The lowest BCUT2D eigenvalue weighted by Crippen LogP contribution is -2.37. The SMILES string of the molecule is CCCCCCCCCC(=O)N(N)c1ccc(Cl)cc1. The normalized spacial score (nSPS) is 10.6. The molecule has 0 fully saturated rings. The topological polar surface area (TPSA) is 46.3 Å². The number of anilines is 1. The van der Waals surface area contributed by atoms with Crippen molar-refractivity contribution >= 4 is 23.2 Å². The monoisotopic (exact) mass is 296 g/mol. The van der Waals surface area contributed by atoms with Crippen molar-refractivity contribution < 1.29 is 4.79 Å². The van der Waals surface area contributed by atoms with Gasteiger partial charge in [-0.25, -0.2) is 10.9 Å². The highest BCUT2D eigenvalue weighted by molar-refractivity contribution is 6.30. The van der Waals surface area contributed by atoms with Crippen LogP contribution >= 0.6 is 11.6 Å². The van der Waals surface area contributed by atoms with Gasteiger partial charge in [0, 0.05) is 11.4 Å². The van der Waals surface area contributed by atoms with Gasteiger partial charge in [0.05, 0.1) is 5.69 Å². The number of hydrogen-bond donors (Lipinski definition) is 1. The lowest BCUT2D eigenvalue weighted by atomic mass is 10.1. The van der Waals surface area contributed by atoms with Crippen molar-refractivity contribution in [2.45, 2.75) is 58.3 Å². The minimum absolute atomic E-state index is 0.0409. The van der Waals surface area contributed by atoms with Crippen LogP contribution in [0, 0.1) is 0 Å². The number of rotatable bonds is 9. The molecule has 0 bridgehead atoms. The highest BCUT2D eigenvalue weighted by Gasteiger charge is 2.10. The summed E-state index contributed by atoms with van der Waals surface area (Å²) in [5.41, 5.74) is 0.683. The Kier molecular flexibility index (Phi) is 8.31. The molecule has 0 spiro atoms. The molecule has 112 valence electrons. The van der Waals surface area contributed by atoms with Crippen LogP contribution in [0.15, 0.2) is 24.3 Å². The molecule has 0 aliphatic carbocycles. The fraction of sp³-hybridized carbons (Fsp3) is 0.562. The second-order valence-corrected chi connectivity index (χ2v) is 5.55. The van der Waals surface area contributed by atoms with Crippen LogP contribution in [-0.4, -0.2) is 5.91 Å². The Balaban J connectivity index is 2.20. The first-order valence-corrected chi connectivity index (χ1v) is 7.86. The molecule has 0 aromatic heterocycles. The van der Waals surface area contributed by atoms with E-state index in [-0.39, 0.29) is 5.91 Å². The molecule has 0 saturated heterocycles. The van der Waals surface area contributed by atoms with Gasteiger partial charge in [-0.1, -0.05) is 57.0 Å². The van der Waals surface area contributed by atoms with Gasteiger partial charge < -0.3 is 0 Å². The summed E-state index contributed by atoms with van der Waals surface area (Å²) < 4.78 is 0. The Bertz CT molecular complexity index is 392. The maximum absolute atomic E-state index is 11.9. The molecular weight excluding hydrogens is 272 g/mol. The number of amides is 1. The third kappa shape index (κ3) is 6.40. The maximum atomic E-state index is 11.9. The summed E-state index contributed by atoms with van der Waals surface area (Å²) in [7, 11) is 0. The first-order valence-electron chi connectivity index (χ1n) is 7.48. The van der Waals surface area contributed by atoms with Gasteiger partial charge in [0.2, 0.25) is 5.91 Å². The first kappa shape index (κ1) is 17.0. The maximum Gasteiger partial charge on any atom is 0.241 e. The van der Waals surface area contributed by atoms with Crippen LogP contribution in [0.3, 0.4) is 0 Å². The fourth-order valence-electron chi connectivity index (χ4n) is 2.10. The number of carbonyl (C=O) groups is 1. The quantitative estimate of drug-likeness (QED) is 0.311. The van der Waals surface area contributed by atoms with Crippen molar-refractivity contribution in [1.29, 1.82) is 0 Å². The molecule has 20 heavy (non-hydrogen) atoms. The number of benzene rings is 1. The van der Waals surface area contributed by atoms with E-state index in [0.717, 1.165) is 12.8 Å². The molecule has 4 heteroatoms. The van der Waals surface area contributed by atoms with E-state index in [9.17, 15) is 4.79 Å². The molecular formula is C16H25ClN2O. The number of unbranched alkanes of at least 4 members (excludes halogenated alkanes) is 6. The van der Waals surface area contributed by atoms with Crippen LogP contribution in [0.25, 0.3) is 0 Å². The van der Waals surface area contributed by atoms with Gasteiger partial charge in [-0.2, -0.15) is 0 Å². The molecule has 0 aliphatic rings. The highest BCUT2D eigenvalue weighted by Crippen LogP contribution is 2.17. The summed E-state index contributed by atoms with van der Waals surface area (Å²) in [5, 5.41) is 1.86. The van der Waals surface area contributed by atoms with E-state index in [0.29, 0.717) is 17.1 Å². The Labute approximate surface area is 127 Å². The van der Waals surface area contributed by atoms with E-state index in [4.69, 9.17) is 17.4 Å². The largest absolute Gasteiger partial charge is 0.273 e. The van der Waals surface area contributed by atoms with E-state index >= 15 is 0 Å². The summed E-state index contributed by atoms with van der Waals surface area (Å²) in [6, 6.07) is 6.98. The van der Waals surface area contributed by atoms with Crippen molar-refractivity contribution in [3.05, 3.63) is 29.3 Å². The van der Waals surface area contributed by atoms with Crippen LogP contribution < -0.4 is 10.9 Å². The number of hydrazine groups is 1. The zero-order chi connectivity index (χ0) is 14.8. The Morgan fingerprint density at radius 3 is 2.20 bits per heavy atom. The highest BCUT2D eigenvalue weighted by atomic mass is 35.5. The van der Waals surface area contributed by atoms with Crippen LogP contribution in [-0.2, 0) is 4.79 Å². The van der Waals surface area contributed by atoms with Crippen molar-refractivity contribution in [1.82, 2.24) is 0 Å². The Morgan fingerprint density at radius 1 is 1.05 bits per heavy atom. The molecule has 0 saturated carbocycles. The minimum Gasteiger partial charge on any atom is -0.273 e. The summed E-state index contributed by atoms with van der Waals surface area (Å²) in [4.78, 5) is 11.9. The fourth-order valence-corrected chi connectivity index (χ4v) is 2.23. The predicted octanol–water partition coefficient (Wildman–Crippen LogP) is 4.69. The average molecular weight is 297 g/mol. The molecule has 1 aromatic rings. The van der Waals surface area contributed by atoms with Gasteiger partial charge in [-0.3, -0.25) is 4.79 Å². The zero-order valence-corrected chi connectivity index (χ0v) is 13.0. The van der Waals surface area contributed by atoms with E-state index in [1.54, 1.807) is 24.3 Å². The van der Waals surface area contributed by atoms with Crippen molar-refractivity contribution in [2.75, 3.05) is 5.01 Å². The van der Waals surface area contributed by atoms with Crippen molar-refractivity contribution in [3.63, 3.8) is 0 Å². The van der Waals surface area contributed by atoms with Gasteiger partial charge in [0.25, 0.3) is 0 Å². The predicted molar refractivity (Wildman–Crippen MR) is 85.7 cm³/mol. The Hall–Kier alpha value is -1.06. The third-order valence-corrected chi connectivity index (χ3v) is 3.62. The molecule has 1 rings (SSSR count). The number of hydrogen-bond acceptors (Lipinski definition) is 2. The van der Waals surface area contributed by atoms with E-state index in [1.807, 2.05) is 0 Å². The third-order valence-electron chi connectivity index (χ3n) is 3.37. The van der Waals surface area contributed by atoms with Crippen molar-refractivity contribution in [3.8, 4) is 0 Å². The second kappa shape index (κ2) is 9.78. The lowest BCUT2D eigenvalue weighted by Gasteiger charge is -2.16. The molecule has 0 aliphatic heterocycles. The van der Waals surface area contributed by atoms with E-state index < -0.39 is 0 Å². The van der Waals surface area contributed by atoms with E-state index in [2.05, 4.69) is 6.92 Å². The summed E-state index contributed by atoms with van der Waals surface area (Å²) in [6.45, 7) is 2.21. The summed E-state index contributed by atoms with van der Waals surface area (Å²) in [6.07, 6.45) is 8.87. The Morgan fingerprint density at radius 2 is 1.60 bits per heavy atom. The van der Waals surface area contributed by atoms with Crippen LogP contribution in [0.2, 0.25) is 5.02 Å². The molecule has 1 aromatic carbocycles. The number of carbonyl (C=O) groups excluding carboxylic acids is 1. The molecule has 0 radical (unpaired) electrons. The molecule has 0 heterocycles. The first-order chi connectivity index (χ1) is 9.65. The molecule has 2 N–H and O–H groups in total. The summed E-state index contributed by atoms with van der Waals surface area (Å²) in [5.74, 6) is 5.77. The lowest BCUT2D eigenvalue weighted by molar-refractivity contribution is -0.118. The smallest absolute Gasteiger partial charge is 0.241 e. The zero-order valence-electron chi connectivity index (χ0n) is 12.3. The van der Waals surface area contributed by atoms with Crippen LogP contribution in [0.4, 0.5) is 5.69 Å². The standard InChI is InChI=1S/C16H25ClN2O/c1-2-3-4-5-6-7-8-9-16(20)19(18)15-12-10-14(17)11-13-15/h10-13H,2-9,18H2,1H3. The minimum atomic E-state index is -0.0409. The van der Waals surface area contributed by atoms with Crippen LogP contribution in [0.5, 0.6) is 0 Å². The molecule has 1 amide bonds. The molecule has 0 unspecified atom stereocenters. The van der Waals surface area contributed by atoms with Crippen molar-refractivity contribution in [2.24, 2.45) is 5.84 Å². The second-order valence-electron chi connectivity index (χ2n) is 5.11. The molecule has 3 nitrogen and oxygen atoms in total. The van der Waals surface area contributed by atoms with Gasteiger partial charge >= 0.3 is 0 Å². The van der Waals surface area contributed by atoms with E-state index in [1.165, 1.54) is 37.1 Å². The van der Waals surface area contributed by atoms with Crippen LogP contribution in [0.1, 0.15) is 58.3 Å². The number of nitrogens with two attached hydrogens (primary N) is 1. The van der Waals surface area contributed by atoms with Gasteiger partial charge in [0.1, 0.15) is 0 Å². The van der Waals surface area contributed by atoms with Gasteiger partial charge in [-0.05, 0) is 30.7 Å². The average Bonchev–Trinajstić information content (AvgIpc) is 2.46. The van der Waals surface area contributed by atoms with Gasteiger partial charge in [-0.15, -0.1) is 0 Å². The number of nitrogens with zero attached hydrogens (tertiary/aromatic N) is 1. The summed E-state index contributed by atoms with van der Waals surface area (Å²) >= 11 is 5.81. The molecule has 0 atom stereocenters. The van der Waals surface area contributed by atoms with Gasteiger partial charge in [0.15, 0.2) is 0 Å². The number of halogens is 1.